The monoisotopic (exact) mass is 335 g/mol. The van der Waals surface area contributed by atoms with Crippen molar-refractivity contribution in [2.24, 2.45) is 0 Å². The van der Waals surface area contributed by atoms with E-state index in [2.05, 4.69) is 10.3 Å². The van der Waals surface area contributed by atoms with Gasteiger partial charge in [0, 0.05) is 20.0 Å². The Morgan fingerprint density at radius 1 is 1.30 bits per heavy atom. The van der Waals surface area contributed by atoms with Crippen LogP contribution in [0.4, 0.5) is 0 Å². The van der Waals surface area contributed by atoms with Crippen molar-refractivity contribution in [3.63, 3.8) is 0 Å². The van der Waals surface area contributed by atoms with Gasteiger partial charge in [-0.25, -0.2) is 9.48 Å². The van der Waals surface area contributed by atoms with Gasteiger partial charge in [-0.2, -0.15) is 0 Å². The molecule has 1 aromatic heterocycles. The normalized spacial score (nSPS) is 21.5. The summed E-state index contributed by atoms with van der Waals surface area (Å²) >= 11 is 6.05. The van der Waals surface area contributed by atoms with Gasteiger partial charge < -0.3 is 9.47 Å². The Morgan fingerprint density at radius 2 is 2.00 bits per heavy atom. The lowest BCUT2D eigenvalue weighted by molar-refractivity contribution is -0.0646. The highest BCUT2D eigenvalue weighted by atomic mass is 35.5. The number of nitrogens with zero attached hydrogens (tertiary/aromatic N) is 3. The number of methoxy groups -OCH3 is 1. The van der Waals surface area contributed by atoms with Gasteiger partial charge in [0.1, 0.15) is 6.10 Å². The molecule has 7 heteroatoms. The van der Waals surface area contributed by atoms with E-state index in [1.807, 2.05) is 37.3 Å². The summed E-state index contributed by atoms with van der Waals surface area (Å²) in [5.41, 5.74) is 1.19. The van der Waals surface area contributed by atoms with E-state index in [1.165, 1.54) is 4.68 Å². The zero-order valence-electron chi connectivity index (χ0n) is 13.0. The molecule has 1 aliphatic rings. The van der Waals surface area contributed by atoms with Crippen LogP contribution in [0.15, 0.2) is 30.3 Å². The number of benzene rings is 1. The van der Waals surface area contributed by atoms with Crippen molar-refractivity contribution in [3.05, 3.63) is 46.7 Å². The summed E-state index contributed by atoms with van der Waals surface area (Å²) in [5, 5.41) is 7.88. The average Bonchev–Trinajstić information content (AvgIpc) is 2.92. The molecule has 1 saturated carbocycles. The third kappa shape index (κ3) is 3.23. The van der Waals surface area contributed by atoms with Crippen LogP contribution in [-0.4, -0.2) is 40.3 Å². The Kier molecular flexibility index (Phi) is 4.63. The molecule has 1 fully saturated rings. The lowest BCUT2D eigenvalue weighted by Gasteiger charge is -2.33. The number of carbonyl (C=O) groups excluding carboxylic acids is 1. The zero-order valence-corrected chi connectivity index (χ0v) is 13.7. The minimum absolute atomic E-state index is 0.0559. The minimum Gasteiger partial charge on any atom is -0.457 e. The number of esters is 1. The molecule has 0 aliphatic heterocycles. The van der Waals surface area contributed by atoms with Gasteiger partial charge in [0.25, 0.3) is 0 Å². The predicted molar refractivity (Wildman–Crippen MR) is 84.5 cm³/mol. The van der Waals surface area contributed by atoms with E-state index in [1.54, 1.807) is 7.11 Å². The molecule has 3 rings (SSSR count). The maximum atomic E-state index is 12.4. The molecule has 0 radical (unpaired) electrons. The maximum absolute atomic E-state index is 12.4. The highest BCUT2D eigenvalue weighted by Crippen LogP contribution is 2.28. The molecule has 0 saturated heterocycles. The molecule has 23 heavy (non-hydrogen) atoms. The largest absolute Gasteiger partial charge is 0.457 e. The fraction of sp³-hybridized carbons (Fsp3) is 0.438. The minimum atomic E-state index is -0.498. The van der Waals surface area contributed by atoms with E-state index in [9.17, 15) is 4.79 Å². The summed E-state index contributed by atoms with van der Waals surface area (Å²) in [6, 6.07) is 9.55. The number of hydrogen-bond acceptors (Lipinski definition) is 5. The second-order valence-electron chi connectivity index (χ2n) is 5.62. The molecule has 0 amide bonds. The van der Waals surface area contributed by atoms with Crippen molar-refractivity contribution in [1.29, 1.82) is 0 Å². The molecule has 0 N–H and O–H groups in total. The summed E-state index contributed by atoms with van der Waals surface area (Å²) in [4.78, 5) is 12.4. The topological polar surface area (TPSA) is 66.2 Å². The van der Waals surface area contributed by atoms with Gasteiger partial charge >= 0.3 is 5.97 Å². The summed E-state index contributed by atoms with van der Waals surface area (Å²) in [5.74, 6) is -0.498. The van der Waals surface area contributed by atoms with Crippen LogP contribution in [0.2, 0.25) is 5.15 Å². The van der Waals surface area contributed by atoms with Crippen LogP contribution in [0.25, 0.3) is 0 Å². The summed E-state index contributed by atoms with van der Waals surface area (Å²) < 4.78 is 12.2. The number of halogens is 1. The molecule has 0 spiro atoms. The van der Waals surface area contributed by atoms with Crippen molar-refractivity contribution < 1.29 is 14.3 Å². The number of aromatic nitrogens is 3. The second kappa shape index (κ2) is 6.68. The van der Waals surface area contributed by atoms with Crippen LogP contribution in [-0.2, 0) is 9.47 Å². The Balaban J connectivity index is 1.77. The van der Waals surface area contributed by atoms with Gasteiger partial charge in [0.2, 0.25) is 0 Å². The molecule has 1 aliphatic carbocycles. The fourth-order valence-corrected chi connectivity index (χ4v) is 2.81. The summed E-state index contributed by atoms with van der Waals surface area (Å²) in [6.45, 7) is 1.93. The molecule has 122 valence electrons. The fourth-order valence-electron chi connectivity index (χ4n) is 2.61. The van der Waals surface area contributed by atoms with Crippen LogP contribution in [0, 0.1) is 0 Å². The van der Waals surface area contributed by atoms with Crippen LogP contribution in [0.5, 0.6) is 0 Å². The highest BCUT2D eigenvalue weighted by Gasteiger charge is 2.34. The van der Waals surface area contributed by atoms with Crippen molar-refractivity contribution in [2.75, 3.05) is 7.11 Å². The van der Waals surface area contributed by atoms with Crippen LogP contribution in [0.1, 0.15) is 41.9 Å². The standard InChI is InChI=1S/C16H18ClN3O3/c1-10(11-6-4-3-5-7-11)20-14(15(17)18-19-20)16(21)23-13-8-12(9-13)22-2/h3-7,10,12-13H,8-9H2,1-2H3/t10-,12?,13?/m1/s1. The number of ether oxygens (including phenoxy) is 2. The van der Waals surface area contributed by atoms with Crippen LogP contribution in [0.3, 0.4) is 0 Å². The Bertz CT molecular complexity index is 683. The predicted octanol–water partition coefficient (Wildman–Crippen LogP) is 2.88. The van der Waals surface area contributed by atoms with Gasteiger partial charge in [-0.3, -0.25) is 0 Å². The van der Waals surface area contributed by atoms with Crippen molar-refractivity contribution in [2.45, 2.75) is 38.0 Å². The first-order valence-electron chi connectivity index (χ1n) is 7.49. The number of carbonyl (C=O) groups is 1. The van der Waals surface area contributed by atoms with E-state index in [0.29, 0.717) is 12.8 Å². The van der Waals surface area contributed by atoms with Gasteiger partial charge in [-0.15, -0.1) is 5.10 Å². The van der Waals surface area contributed by atoms with E-state index < -0.39 is 5.97 Å². The average molecular weight is 336 g/mol. The van der Waals surface area contributed by atoms with E-state index >= 15 is 0 Å². The Morgan fingerprint density at radius 3 is 2.65 bits per heavy atom. The van der Waals surface area contributed by atoms with E-state index in [4.69, 9.17) is 21.1 Å². The number of hydrogen-bond donors (Lipinski definition) is 0. The summed E-state index contributed by atoms with van der Waals surface area (Å²) in [7, 11) is 1.65. The summed E-state index contributed by atoms with van der Waals surface area (Å²) in [6.07, 6.45) is 1.43. The highest BCUT2D eigenvalue weighted by molar-refractivity contribution is 6.32. The van der Waals surface area contributed by atoms with Crippen LogP contribution >= 0.6 is 11.6 Å². The van der Waals surface area contributed by atoms with Crippen molar-refractivity contribution in [3.8, 4) is 0 Å². The first kappa shape index (κ1) is 16.0. The lowest BCUT2D eigenvalue weighted by Crippen LogP contribution is -2.38. The van der Waals surface area contributed by atoms with E-state index in [-0.39, 0.29) is 29.1 Å². The van der Waals surface area contributed by atoms with Gasteiger partial charge in [0.05, 0.1) is 12.1 Å². The Hall–Kier alpha value is -1.92. The zero-order chi connectivity index (χ0) is 16.4. The quantitative estimate of drug-likeness (QED) is 0.786. The van der Waals surface area contributed by atoms with Gasteiger partial charge in [-0.05, 0) is 12.5 Å². The van der Waals surface area contributed by atoms with Crippen molar-refractivity contribution >= 4 is 17.6 Å². The lowest BCUT2D eigenvalue weighted by atomic mass is 9.92. The maximum Gasteiger partial charge on any atom is 0.360 e. The molecule has 1 heterocycles. The first-order chi connectivity index (χ1) is 11.1. The molecule has 1 aromatic carbocycles. The molecular formula is C16H18ClN3O3. The Labute approximate surface area is 139 Å². The molecule has 0 bridgehead atoms. The van der Waals surface area contributed by atoms with E-state index in [0.717, 1.165) is 5.56 Å². The SMILES string of the molecule is COC1CC(OC(=O)c2c(Cl)nnn2[C@H](C)c2ccccc2)C1. The smallest absolute Gasteiger partial charge is 0.360 e. The van der Waals surface area contributed by atoms with Crippen molar-refractivity contribution in [1.82, 2.24) is 15.0 Å². The van der Waals surface area contributed by atoms with Gasteiger partial charge in [0.15, 0.2) is 10.8 Å². The molecule has 0 unspecified atom stereocenters. The number of rotatable bonds is 5. The third-order valence-corrected chi connectivity index (χ3v) is 4.41. The van der Waals surface area contributed by atoms with Crippen LogP contribution < -0.4 is 0 Å². The molecule has 1 atom stereocenters. The molecular weight excluding hydrogens is 318 g/mol. The second-order valence-corrected chi connectivity index (χ2v) is 5.97. The molecule has 6 nitrogen and oxygen atoms in total. The molecule has 2 aromatic rings. The third-order valence-electron chi connectivity index (χ3n) is 4.15. The van der Waals surface area contributed by atoms with Gasteiger partial charge in [-0.1, -0.05) is 47.1 Å². The first-order valence-corrected chi connectivity index (χ1v) is 7.87.